The molecule has 3 N–H and O–H groups in total. The molecule has 5 nitrogen and oxygen atoms in total. The van der Waals surface area contributed by atoms with Gasteiger partial charge in [0.25, 0.3) is 0 Å². The van der Waals surface area contributed by atoms with Gasteiger partial charge in [-0.1, -0.05) is 6.92 Å². The quantitative estimate of drug-likeness (QED) is 0.668. The molecule has 0 saturated carbocycles. The molecular formula is C11H15BrN4O. The fourth-order valence-corrected chi connectivity index (χ4v) is 2.53. The van der Waals surface area contributed by atoms with Gasteiger partial charge in [0.05, 0.1) is 28.7 Å². The molecule has 0 aromatic carbocycles. The van der Waals surface area contributed by atoms with E-state index in [1.54, 1.807) is 17.1 Å². The van der Waals surface area contributed by atoms with Crippen molar-refractivity contribution in [2.45, 2.75) is 19.4 Å². The summed E-state index contributed by atoms with van der Waals surface area (Å²) in [6, 6.07) is 1.80. The summed E-state index contributed by atoms with van der Waals surface area (Å²) in [5, 5.41) is 4.19. The highest BCUT2D eigenvalue weighted by Gasteiger charge is 2.23. The number of hydrogen-bond acceptors (Lipinski definition) is 4. The van der Waals surface area contributed by atoms with E-state index in [2.05, 4.69) is 26.5 Å². The molecular weight excluding hydrogens is 284 g/mol. The second-order valence-corrected chi connectivity index (χ2v) is 4.61. The van der Waals surface area contributed by atoms with E-state index in [4.69, 9.17) is 10.3 Å². The number of aryl methyl sites for hydroxylation is 2. The summed E-state index contributed by atoms with van der Waals surface area (Å²) in [6.45, 7) is 2.05. The van der Waals surface area contributed by atoms with Crippen LogP contribution >= 0.6 is 15.9 Å². The Bertz CT molecular complexity index is 486. The lowest BCUT2D eigenvalue weighted by Crippen LogP contribution is -2.31. The van der Waals surface area contributed by atoms with Crippen molar-refractivity contribution in [3.8, 4) is 0 Å². The minimum Gasteiger partial charge on any atom is -0.469 e. The molecule has 6 heteroatoms. The number of aromatic nitrogens is 2. The fourth-order valence-electron chi connectivity index (χ4n) is 1.96. The summed E-state index contributed by atoms with van der Waals surface area (Å²) in [7, 11) is 1.89. The second-order valence-electron chi connectivity index (χ2n) is 3.75. The van der Waals surface area contributed by atoms with E-state index in [-0.39, 0.29) is 6.04 Å². The predicted molar refractivity (Wildman–Crippen MR) is 68.2 cm³/mol. The van der Waals surface area contributed by atoms with Gasteiger partial charge < -0.3 is 4.42 Å². The van der Waals surface area contributed by atoms with Crippen molar-refractivity contribution >= 4 is 15.9 Å². The number of nitrogens with one attached hydrogen (secondary N) is 1. The Morgan fingerprint density at radius 2 is 2.41 bits per heavy atom. The van der Waals surface area contributed by atoms with Gasteiger partial charge in [-0.3, -0.25) is 10.5 Å². The summed E-state index contributed by atoms with van der Waals surface area (Å²) in [5.74, 6) is 6.59. The fraction of sp³-hybridized carbons (Fsp3) is 0.364. The molecule has 0 amide bonds. The monoisotopic (exact) mass is 298 g/mol. The lowest BCUT2D eigenvalue weighted by atomic mass is 10.0. The number of rotatable bonds is 4. The molecule has 2 heterocycles. The van der Waals surface area contributed by atoms with Crippen molar-refractivity contribution in [1.82, 2.24) is 15.2 Å². The molecule has 2 aromatic heterocycles. The van der Waals surface area contributed by atoms with Crippen LogP contribution < -0.4 is 11.3 Å². The molecule has 17 heavy (non-hydrogen) atoms. The standard InChI is InChI=1S/C11H15BrN4O/c1-3-9-7(4-5-17-9)10(15-13)11-8(12)6-14-16(11)2/h4-6,10,15H,3,13H2,1-2H3. The first kappa shape index (κ1) is 12.3. The number of nitrogens with zero attached hydrogens (tertiary/aromatic N) is 2. The van der Waals surface area contributed by atoms with Crippen LogP contribution in [0.2, 0.25) is 0 Å². The average molecular weight is 299 g/mol. The maximum absolute atomic E-state index is 5.66. The Labute approximate surface area is 108 Å². The number of hydrogen-bond donors (Lipinski definition) is 2. The van der Waals surface area contributed by atoms with Crippen molar-refractivity contribution in [2.24, 2.45) is 12.9 Å². The van der Waals surface area contributed by atoms with Crippen LogP contribution in [0.15, 0.2) is 27.4 Å². The molecule has 0 aliphatic carbocycles. The third-order valence-electron chi connectivity index (χ3n) is 2.79. The molecule has 2 rings (SSSR count). The minimum absolute atomic E-state index is 0.134. The van der Waals surface area contributed by atoms with E-state index in [9.17, 15) is 0 Å². The maximum atomic E-state index is 5.66. The lowest BCUT2D eigenvalue weighted by Gasteiger charge is -2.17. The molecule has 0 spiro atoms. The Hall–Kier alpha value is -1.11. The van der Waals surface area contributed by atoms with Gasteiger partial charge in [-0.25, -0.2) is 5.43 Å². The molecule has 0 aliphatic rings. The molecule has 0 bridgehead atoms. The van der Waals surface area contributed by atoms with Crippen LogP contribution in [0.1, 0.15) is 30.0 Å². The first-order valence-corrected chi connectivity index (χ1v) is 6.18. The van der Waals surface area contributed by atoms with E-state index in [0.29, 0.717) is 0 Å². The topological polar surface area (TPSA) is 69.0 Å². The molecule has 0 radical (unpaired) electrons. The van der Waals surface area contributed by atoms with Crippen molar-refractivity contribution in [1.29, 1.82) is 0 Å². The zero-order valence-corrected chi connectivity index (χ0v) is 11.4. The van der Waals surface area contributed by atoms with Crippen LogP contribution in [0, 0.1) is 0 Å². The van der Waals surface area contributed by atoms with E-state index in [1.807, 2.05) is 20.0 Å². The van der Waals surface area contributed by atoms with Crippen molar-refractivity contribution < 1.29 is 4.42 Å². The summed E-state index contributed by atoms with van der Waals surface area (Å²) >= 11 is 3.48. The number of hydrazine groups is 1. The summed E-state index contributed by atoms with van der Waals surface area (Å²) < 4.78 is 8.15. The van der Waals surface area contributed by atoms with Crippen LogP contribution in [0.3, 0.4) is 0 Å². The minimum atomic E-state index is -0.134. The van der Waals surface area contributed by atoms with E-state index in [1.165, 1.54) is 0 Å². The Kier molecular flexibility index (Phi) is 3.66. The van der Waals surface area contributed by atoms with E-state index >= 15 is 0 Å². The van der Waals surface area contributed by atoms with Gasteiger partial charge in [0.15, 0.2) is 0 Å². The zero-order chi connectivity index (χ0) is 12.4. The molecule has 1 unspecified atom stereocenters. The van der Waals surface area contributed by atoms with Crippen LogP contribution in [0.5, 0.6) is 0 Å². The Morgan fingerprint density at radius 1 is 1.65 bits per heavy atom. The molecule has 92 valence electrons. The van der Waals surface area contributed by atoms with Gasteiger partial charge in [-0.15, -0.1) is 0 Å². The first-order valence-electron chi connectivity index (χ1n) is 5.38. The number of furan rings is 1. The molecule has 0 aliphatic heterocycles. The molecule has 0 fully saturated rings. The summed E-state index contributed by atoms with van der Waals surface area (Å²) in [6.07, 6.45) is 4.27. The third kappa shape index (κ3) is 2.15. The van der Waals surface area contributed by atoms with Crippen LogP contribution in [0.25, 0.3) is 0 Å². The second kappa shape index (κ2) is 5.03. The lowest BCUT2D eigenvalue weighted by molar-refractivity contribution is 0.496. The number of nitrogens with two attached hydrogens (primary N) is 1. The van der Waals surface area contributed by atoms with Crippen LogP contribution in [-0.4, -0.2) is 9.78 Å². The van der Waals surface area contributed by atoms with Crippen molar-refractivity contribution in [3.05, 3.63) is 40.0 Å². The highest BCUT2D eigenvalue weighted by atomic mass is 79.9. The van der Waals surface area contributed by atoms with E-state index < -0.39 is 0 Å². The molecule has 1 atom stereocenters. The van der Waals surface area contributed by atoms with Crippen molar-refractivity contribution in [3.63, 3.8) is 0 Å². The maximum Gasteiger partial charge on any atom is 0.108 e. The zero-order valence-electron chi connectivity index (χ0n) is 9.77. The van der Waals surface area contributed by atoms with Gasteiger partial charge in [0.2, 0.25) is 0 Å². The Balaban J connectivity index is 2.47. The van der Waals surface area contributed by atoms with Gasteiger partial charge in [-0.2, -0.15) is 5.10 Å². The van der Waals surface area contributed by atoms with Crippen LogP contribution in [0.4, 0.5) is 0 Å². The van der Waals surface area contributed by atoms with E-state index in [0.717, 1.165) is 27.9 Å². The smallest absolute Gasteiger partial charge is 0.108 e. The largest absolute Gasteiger partial charge is 0.469 e. The highest BCUT2D eigenvalue weighted by Crippen LogP contribution is 2.30. The average Bonchev–Trinajstić information content (AvgIpc) is 2.91. The van der Waals surface area contributed by atoms with Crippen molar-refractivity contribution in [2.75, 3.05) is 0 Å². The Morgan fingerprint density at radius 3 is 2.94 bits per heavy atom. The van der Waals surface area contributed by atoms with Gasteiger partial charge in [-0.05, 0) is 22.0 Å². The molecule has 0 saturated heterocycles. The SMILES string of the molecule is CCc1occc1C(NN)c1c(Br)cnn1C. The summed E-state index contributed by atoms with van der Waals surface area (Å²) in [4.78, 5) is 0. The van der Waals surface area contributed by atoms with Gasteiger partial charge in [0.1, 0.15) is 5.76 Å². The van der Waals surface area contributed by atoms with Gasteiger partial charge in [0, 0.05) is 19.0 Å². The normalized spacial score (nSPS) is 12.9. The first-order chi connectivity index (χ1) is 8.19. The highest BCUT2D eigenvalue weighted by molar-refractivity contribution is 9.10. The van der Waals surface area contributed by atoms with Crippen LogP contribution in [-0.2, 0) is 13.5 Å². The predicted octanol–water partition coefficient (Wildman–Crippen LogP) is 1.89. The van der Waals surface area contributed by atoms with Gasteiger partial charge >= 0.3 is 0 Å². The summed E-state index contributed by atoms with van der Waals surface area (Å²) in [5.41, 5.74) is 4.83. The third-order valence-corrected chi connectivity index (χ3v) is 3.40. The number of halogens is 1. The molecule has 2 aromatic rings.